The van der Waals surface area contributed by atoms with Crippen molar-refractivity contribution in [3.63, 3.8) is 0 Å². The number of nitrogens with one attached hydrogen (secondary N) is 1. The number of aromatic nitrogens is 7. The van der Waals surface area contributed by atoms with Gasteiger partial charge in [0.15, 0.2) is 11.5 Å². The lowest BCUT2D eigenvalue weighted by atomic mass is 10.1. The second-order valence-electron chi connectivity index (χ2n) is 9.38. The monoisotopic (exact) mass is 540 g/mol. The summed E-state index contributed by atoms with van der Waals surface area (Å²) in [5, 5.41) is 3.17. The fraction of sp³-hybridized carbons (Fsp3) is 0.385. The number of methoxy groups -OCH3 is 2. The van der Waals surface area contributed by atoms with Gasteiger partial charge in [-0.1, -0.05) is 12.1 Å². The van der Waals surface area contributed by atoms with E-state index >= 15 is 0 Å². The summed E-state index contributed by atoms with van der Waals surface area (Å²) >= 11 is 0. The molecule has 1 aliphatic carbocycles. The zero-order valence-electron chi connectivity index (χ0n) is 21.8. The van der Waals surface area contributed by atoms with Crippen molar-refractivity contribution in [2.45, 2.75) is 51.4 Å². The van der Waals surface area contributed by atoms with Crippen molar-refractivity contribution in [1.82, 2.24) is 34.5 Å². The van der Waals surface area contributed by atoms with Gasteiger partial charge < -0.3 is 19.4 Å². The number of alkyl halides is 3. The number of imidazole rings is 1. The molecule has 5 rings (SSSR count). The molecule has 39 heavy (non-hydrogen) atoms. The third-order valence-electron chi connectivity index (χ3n) is 6.36. The largest absolute Gasteiger partial charge is 0.496 e. The highest BCUT2D eigenvalue weighted by Crippen LogP contribution is 2.44. The molecule has 1 aliphatic rings. The van der Waals surface area contributed by atoms with Gasteiger partial charge in [-0.05, 0) is 32.8 Å². The molecule has 1 N–H and O–H groups in total. The number of hydrogen-bond donors (Lipinski definition) is 1. The molecule has 13 heteroatoms. The molecule has 0 radical (unpaired) electrons. The number of anilines is 1. The third kappa shape index (κ3) is 5.47. The van der Waals surface area contributed by atoms with Crippen molar-refractivity contribution in [1.29, 1.82) is 0 Å². The van der Waals surface area contributed by atoms with Crippen LogP contribution in [-0.2, 0) is 12.7 Å². The maximum atomic E-state index is 13.3. The maximum absolute atomic E-state index is 13.3. The Hall–Kier alpha value is -4.29. The molecule has 0 unspecified atom stereocenters. The molecule has 1 aromatic carbocycles. The minimum atomic E-state index is -4.54. The highest BCUT2D eigenvalue weighted by Gasteiger charge is 2.35. The van der Waals surface area contributed by atoms with E-state index < -0.39 is 11.9 Å². The van der Waals surface area contributed by atoms with Crippen LogP contribution in [0.2, 0.25) is 0 Å². The average molecular weight is 541 g/mol. The van der Waals surface area contributed by atoms with Gasteiger partial charge in [0.2, 0.25) is 11.8 Å². The lowest BCUT2D eigenvalue weighted by Gasteiger charge is -2.15. The zero-order chi connectivity index (χ0) is 27.7. The number of ether oxygens (including phenoxy) is 2. The van der Waals surface area contributed by atoms with Gasteiger partial charge in [0.05, 0.1) is 19.9 Å². The normalized spacial score (nSPS) is 13.5. The molecule has 1 fully saturated rings. The summed E-state index contributed by atoms with van der Waals surface area (Å²) in [5.41, 5.74) is 1.82. The molecule has 204 valence electrons. The summed E-state index contributed by atoms with van der Waals surface area (Å²) < 4.78 is 52.5. The highest BCUT2D eigenvalue weighted by atomic mass is 19.4. The predicted molar refractivity (Wildman–Crippen MR) is 136 cm³/mol. The fourth-order valence-electron chi connectivity index (χ4n) is 4.26. The Bertz CT molecular complexity index is 1480. The Balaban J connectivity index is 1.40. The van der Waals surface area contributed by atoms with Crippen molar-refractivity contribution in [3.8, 4) is 34.4 Å². The first-order chi connectivity index (χ1) is 18.7. The van der Waals surface area contributed by atoms with Crippen LogP contribution in [0.1, 0.15) is 55.6 Å². The van der Waals surface area contributed by atoms with Crippen molar-refractivity contribution in [2.75, 3.05) is 19.5 Å². The second-order valence-corrected chi connectivity index (χ2v) is 9.38. The van der Waals surface area contributed by atoms with Crippen molar-refractivity contribution >= 4 is 5.95 Å². The van der Waals surface area contributed by atoms with E-state index in [1.807, 2.05) is 0 Å². The topological polar surface area (TPSA) is 113 Å². The van der Waals surface area contributed by atoms with Crippen LogP contribution in [0, 0.1) is 0 Å². The van der Waals surface area contributed by atoms with Gasteiger partial charge >= 0.3 is 6.18 Å². The van der Waals surface area contributed by atoms with Crippen molar-refractivity contribution < 1.29 is 22.6 Å². The minimum Gasteiger partial charge on any atom is -0.496 e. The lowest BCUT2D eigenvalue weighted by molar-refractivity contribution is -0.140. The summed E-state index contributed by atoms with van der Waals surface area (Å²) in [6, 6.07) is 4.94. The van der Waals surface area contributed by atoms with Crippen LogP contribution in [0.3, 0.4) is 0 Å². The SMILES string of the molecule is COc1cc(-c2nc(C(F)(F)F)cn2C(C)C)ccc1CNc1ncnc(-c2c(OC)ncnc2C2CC2)n1. The number of hydrogen-bond acceptors (Lipinski definition) is 9. The molecular weight excluding hydrogens is 513 g/mol. The average Bonchev–Trinajstić information content (AvgIpc) is 3.67. The van der Waals surface area contributed by atoms with E-state index in [2.05, 4.69) is 35.2 Å². The van der Waals surface area contributed by atoms with Crippen LogP contribution in [0.5, 0.6) is 11.6 Å². The summed E-state index contributed by atoms with van der Waals surface area (Å²) in [4.78, 5) is 25.6. The van der Waals surface area contributed by atoms with E-state index in [1.54, 1.807) is 32.0 Å². The highest BCUT2D eigenvalue weighted by molar-refractivity contribution is 5.66. The van der Waals surface area contributed by atoms with Crippen LogP contribution in [0.4, 0.5) is 19.1 Å². The number of nitrogens with zero attached hydrogens (tertiary/aromatic N) is 7. The molecular formula is C26H27F3N8O2. The van der Waals surface area contributed by atoms with Crippen LogP contribution in [0.15, 0.2) is 37.1 Å². The van der Waals surface area contributed by atoms with Crippen molar-refractivity contribution in [2.24, 2.45) is 0 Å². The van der Waals surface area contributed by atoms with Gasteiger partial charge in [-0.25, -0.2) is 24.9 Å². The molecule has 10 nitrogen and oxygen atoms in total. The zero-order valence-corrected chi connectivity index (χ0v) is 21.8. The van der Waals surface area contributed by atoms with Gasteiger partial charge in [-0.15, -0.1) is 0 Å². The minimum absolute atomic E-state index is 0.211. The predicted octanol–water partition coefficient (Wildman–Crippen LogP) is 5.30. The molecule has 1 saturated carbocycles. The Morgan fingerprint density at radius 3 is 2.46 bits per heavy atom. The Kier molecular flexibility index (Phi) is 7.06. The first-order valence-electron chi connectivity index (χ1n) is 12.3. The number of rotatable bonds is 9. The van der Waals surface area contributed by atoms with E-state index in [9.17, 15) is 13.2 Å². The Labute approximate surface area is 222 Å². The van der Waals surface area contributed by atoms with Gasteiger partial charge in [0.1, 0.15) is 29.8 Å². The molecule has 0 atom stereocenters. The molecule has 3 heterocycles. The van der Waals surface area contributed by atoms with Gasteiger partial charge in [0, 0.05) is 35.8 Å². The first-order valence-corrected chi connectivity index (χ1v) is 12.3. The molecule has 0 aliphatic heterocycles. The summed E-state index contributed by atoms with van der Waals surface area (Å²) in [6.45, 7) is 3.89. The van der Waals surface area contributed by atoms with Gasteiger partial charge in [-0.2, -0.15) is 18.2 Å². The molecule has 0 saturated heterocycles. The third-order valence-corrected chi connectivity index (χ3v) is 6.36. The van der Waals surface area contributed by atoms with Crippen LogP contribution in [0.25, 0.3) is 22.8 Å². The lowest BCUT2D eigenvalue weighted by Crippen LogP contribution is -2.08. The Morgan fingerprint density at radius 2 is 1.79 bits per heavy atom. The second kappa shape index (κ2) is 10.5. The van der Waals surface area contributed by atoms with Crippen LogP contribution in [-0.4, -0.2) is 48.7 Å². The van der Waals surface area contributed by atoms with Gasteiger partial charge in [0.25, 0.3) is 0 Å². The molecule has 3 aromatic heterocycles. The van der Waals surface area contributed by atoms with Gasteiger partial charge in [-0.3, -0.25) is 0 Å². The van der Waals surface area contributed by atoms with E-state index in [4.69, 9.17) is 9.47 Å². The molecule has 0 spiro atoms. The van der Waals surface area contributed by atoms with E-state index in [1.165, 1.54) is 31.4 Å². The Morgan fingerprint density at radius 1 is 1.03 bits per heavy atom. The number of halogens is 3. The number of benzene rings is 1. The summed E-state index contributed by atoms with van der Waals surface area (Å²) in [7, 11) is 3.04. The maximum Gasteiger partial charge on any atom is 0.434 e. The van der Waals surface area contributed by atoms with Crippen LogP contribution < -0.4 is 14.8 Å². The first kappa shape index (κ1) is 26.3. The van der Waals surface area contributed by atoms with Crippen molar-refractivity contribution in [3.05, 3.63) is 54.0 Å². The molecule has 4 aromatic rings. The smallest absolute Gasteiger partial charge is 0.434 e. The molecule has 0 amide bonds. The summed E-state index contributed by atoms with van der Waals surface area (Å²) in [5.74, 6) is 2.14. The summed E-state index contributed by atoms with van der Waals surface area (Å²) in [6.07, 6.45) is 1.44. The van der Waals surface area contributed by atoms with E-state index in [-0.39, 0.29) is 18.4 Å². The van der Waals surface area contributed by atoms with E-state index in [0.717, 1.165) is 30.3 Å². The standard InChI is InChI=1S/C26H27F3N8O2/c1-14(2)37-11-19(26(27,28)29)35-23(37)16-7-8-17(18(9-16)38-3)10-30-25-34-13-32-22(36-25)20-21(15-5-6-15)31-12-33-24(20)39-4/h7-9,11-15H,5-6,10H2,1-4H3,(H,30,32,34,36). The van der Waals surface area contributed by atoms with E-state index in [0.29, 0.717) is 40.4 Å². The molecule has 0 bridgehead atoms. The van der Waals surface area contributed by atoms with Crippen LogP contribution >= 0.6 is 0 Å². The fourth-order valence-corrected chi connectivity index (χ4v) is 4.26. The quantitative estimate of drug-likeness (QED) is 0.302.